The molecule has 0 saturated heterocycles. The van der Waals surface area contributed by atoms with Crippen LogP contribution in [0.5, 0.6) is 5.88 Å². The summed E-state index contributed by atoms with van der Waals surface area (Å²) in [5, 5.41) is 2.95. The van der Waals surface area contributed by atoms with Crippen LogP contribution in [0.15, 0.2) is 30.5 Å². The van der Waals surface area contributed by atoms with Crippen molar-refractivity contribution >= 4 is 5.91 Å². The summed E-state index contributed by atoms with van der Waals surface area (Å²) < 4.78 is 4.98. The summed E-state index contributed by atoms with van der Waals surface area (Å²) in [5.41, 5.74) is 0.982. The third-order valence-electron chi connectivity index (χ3n) is 3.11. The van der Waals surface area contributed by atoms with Gasteiger partial charge >= 0.3 is 0 Å². The number of carbonyl (C=O) groups excluding carboxylic acids is 1. The van der Waals surface area contributed by atoms with E-state index < -0.39 is 0 Å². The van der Waals surface area contributed by atoms with E-state index >= 15 is 0 Å². The van der Waals surface area contributed by atoms with Crippen LogP contribution in [0.4, 0.5) is 0 Å². The van der Waals surface area contributed by atoms with E-state index in [0.29, 0.717) is 12.4 Å². The van der Waals surface area contributed by atoms with Gasteiger partial charge in [0.1, 0.15) is 0 Å². The Bertz CT molecular complexity index is 426. The second-order valence-corrected chi connectivity index (χ2v) is 4.41. The Kier molecular flexibility index (Phi) is 4.34. The molecule has 4 nitrogen and oxygen atoms in total. The highest BCUT2D eigenvalue weighted by atomic mass is 16.5. The van der Waals surface area contributed by atoms with Crippen LogP contribution in [0.3, 0.4) is 0 Å². The van der Waals surface area contributed by atoms with Gasteiger partial charge in [-0.3, -0.25) is 4.79 Å². The third kappa shape index (κ3) is 3.32. The van der Waals surface area contributed by atoms with Gasteiger partial charge < -0.3 is 10.1 Å². The van der Waals surface area contributed by atoms with E-state index in [1.54, 1.807) is 19.4 Å². The number of amides is 1. The van der Waals surface area contributed by atoms with Crippen LogP contribution in [-0.2, 0) is 11.3 Å². The van der Waals surface area contributed by atoms with Gasteiger partial charge in [0.15, 0.2) is 0 Å². The standard InChI is InChI=1S/C14H18N2O2/c1-18-13-8-7-11(9-15-13)10-16-14(17)12-5-3-2-4-6-12/h2-3,7-9,12H,4-6,10H2,1H3,(H,16,17). The van der Waals surface area contributed by atoms with E-state index in [0.717, 1.165) is 24.8 Å². The number of nitrogens with one attached hydrogen (secondary N) is 1. The van der Waals surface area contributed by atoms with Crippen molar-refractivity contribution < 1.29 is 9.53 Å². The highest BCUT2D eigenvalue weighted by Crippen LogP contribution is 2.18. The lowest BCUT2D eigenvalue weighted by Crippen LogP contribution is -2.30. The van der Waals surface area contributed by atoms with Gasteiger partial charge in [0, 0.05) is 24.7 Å². The number of aromatic nitrogens is 1. The zero-order chi connectivity index (χ0) is 12.8. The monoisotopic (exact) mass is 246 g/mol. The maximum atomic E-state index is 11.9. The Morgan fingerprint density at radius 1 is 1.50 bits per heavy atom. The van der Waals surface area contributed by atoms with Crippen molar-refractivity contribution in [3.8, 4) is 5.88 Å². The van der Waals surface area contributed by atoms with E-state index in [1.807, 2.05) is 6.07 Å². The maximum absolute atomic E-state index is 11.9. The zero-order valence-electron chi connectivity index (χ0n) is 10.6. The largest absolute Gasteiger partial charge is 0.481 e. The number of hydrogen-bond donors (Lipinski definition) is 1. The summed E-state index contributed by atoms with van der Waals surface area (Å²) in [5.74, 6) is 0.846. The number of allylic oxidation sites excluding steroid dienone is 2. The predicted molar refractivity (Wildman–Crippen MR) is 69.1 cm³/mol. The minimum atomic E-state index is 0.126. The Labute approximate surface area is 107 Å². The van der Waals surface area contributed by atoms with Crippen molar-refractivity contribution in [2.75, 3.05) is 7.11 Å². The lowest BCUT2D eigenvalue weighted by molar-refractivity contribution is -0.125. The van der Waals surface area contributed by atoms with Crippen molar-refractivity contribution in [2.24, 2.45) is 5.92 Å². The van der Waals surface area contributed by atoms with Crippen molar-refractivity contribution in [3.05, 3.63) is 36.0 Å². The average Bonchev–Trinajstić information content (AvgIpc) is 2.46. The first-order chi connectivity index (χ1) is 8.79. The van der Waals surface area contributed by atoms with Crippen LogP contribution in [-0.4, -0.2) is 18.0 Å². The van der Waals surface area contributed by atoms with Gasteiger partial charge in [-0.15, -0.1) is 0 Å². The number of carbonyl (C=O) groups is 1. The normalized spacial score (nSPS) is 18.4. The Balaban J connectivity index is 1.82. The summed E-state index contributed by atoms with van der Waals surface area (Å²) in [7, 11) is 1.58. The van der Waals surface area contributed by atoms with Gasteiger partial charge in [0.25, 0.3) is 0 Å². The van der Waals surface area contributed by atoms with Crippen LogP contribution in [0.1, 0.15) is 24.8 Å². The van der Waals surface area contributed by atoms with Gasteiger partial charge in [0.05, 0.1) is 7.11 Å². The van der Waals surface area contributed by atoms with Crippen LogP contribution in [0, 0.1) is 5.92 Å². The summed E-state index contributed by atoms with van der Waals surface area (Å²) in [6.07, 6.45) is 8.75. The molecule has 0 spiro atoms. The van der Waals surface area contributed by atoms with Gasteiger partial charge in [-0.1, -0.05) is 18.2 Å². The van der Waals surface area contributed by atoms with Gasteiger partial charge in [-0.25, -0.2) is 4.98 Å². The second-order valence-electron chi connectivity index (χ2n) is 4.41. The molecule has 18 heavy (non-hydrogen) atoms. The number of ether oxygens (including phenoxy) is 1. The molecule has 1 aromatic rings. The highest BCUT2D eigenvalue weighted by Gasteiger charge is 2.17. The smallest absolute Gasteiger partial charge is 0.223 e. The summed E-state index contributed by atoms with van der Waals surface area (Å²) in [4.78, 5) is 16.0. The molecule has 0 fully saturated rings. The van der Waals surface area contributed by atoms with Crippen LogP contribution < -0.4 is 10.1 Å². The molecule has 1 heterocycles. The quantitative estimate of drug-likeness (QED) is 0.827. The van der Waals surface area contributed by atoms with Gasteiger partial charge in [-0.05, 0) is 24.8 Å². The number of hydrogen-bond acceptors (Lipinski definition) is 3. The average molecular weight is 246 g/mol. The fourth-order valence-electron chi connectivity index (χ4n) is 2.00. The second kappa shape index (κ2) is 6.19. The van der Waals surface area contributed by atoms with Crippen molar-refractivity contribution in [1.82, 2.24) is 10.3 Å². The van der Waals surface area contributed by atoms with Crippen molar-refractivity contribution in [2.45, 2.75) is 25.8 Å². The molecular weight excluding hydrogens is 228 g/mol. The first-order valence-electron chi connectivity index (χ1n) is 6.21. The Morgan fingerprint density at radius 2 is 2.39 bits per heavy atom. The SMILES string of the molecule is COc1ccc(CNC(=O)C2CC=CCC2)cn1. The molecule has 1 aliphatic carbocycles. The molecular formula is C14H18N2O2. The van der Waals surface area contributed by atoms with Gasteiger partial charge in [-0.2, -0.15) is 0 Å². The molecule has 0 aliphatic heterocycles. The first-order valence-corrected chi connectivity index (χ1v) is 6.21. The zero-order valence-corrected chi connectivity index (χ0v) is 10.6. The topological polar surface area (TPSA) is 51.2 Å². The summed E-state index contributed by atoms with van der Waals surface area (Å²) in [6.45, 7) is 0.524. The Hall–Kier alpha value is -1.84. The highest BCUT2D eigenvalue weighted by molar-refractivity contribution is 5.78. The molecule has 0 saturated carbocycles. The molecule has 96 valence electrons. The maximum Gasteiger partial charge on any atom is 0.223 e. The predicted octanol–water partition coefficient (Wildman–Crippen LogP) is 2.06. The molecule has 1 aliphatic rings. The van der Waals surface area contributed by atoms with Crippen LogP contribution in [0.25, 0.3) is 0 Å². The minimum Gasteiger partial charge on any atom is -0.481 e. The van der Waals surface area contributed by atoms with Crippen molar-refractivity contribution in [3.63, 3.8) is 0 Å². The lowest BCUT2D eigenvalue weighted by atomic mass is 9.93. The molecule has 0 radical (unpaired) electrons. The number of methoxy groups -OCH3 is 1. The Morgan fingerprint density at radius 3 is 3.00 bits per heavy atom. The molecule has 0 aromatic carbocycles. The number of nitrogens with zero attached hydrogens (tertiary/aromatic N) is 1. The molecule has 2 rings (SSSR count). The molecule has 1 amide bonds. The molecule has 1 aromatic heterocycles. The number of pyridine rings is 1. The molecule has 1 N–H and O–H groups in total. The first kappa shape index (κ1) is 12.6. The van der Waals surface area contributed by atoms with E-state index in [-0.39, 0.29) is 11.8 Å². The minimum absolute atomic E-state index is 0.126. The van der Waals surface area contributed by atoms with E-state index in [4.69, 9.17) is 4.74 Å². The lowest BCUT2D eigenvalue weighted by Gasteiger charge is -2.17. The summed E-state index contributed by atoms with van der Waals surface area (Å²) >= 11 is 0. The van der Waals surface area contributed by atoms with E-state index in [1.165, 1.54) is 0 Å². The molecule has 4 heteroatoms. The molecule has 1 unspecified atom stereocenters. The fraction of sp³-hybridized carbons (Fsp3) is 0.429. The van der Waals surface area contributed by atoms with Crippen LogP contribution >= 0.6 is 0 Å². The van der Waals surface area contributed by atoms with Crippen molar-refractivity contribution in [1.29, 1.82) is 0 Å². The molecule has 1 atom stereocenters. The van der Waals surface area contributed by atoms with E-state index in [9.17, 15) is 4.79 Å². The van der Waals surface area contributed by atoms with Crippen LogP contribution in [0.2, 0.25) is 0 Å². The van der Waals surface area contributed by atoms with E-state index in [2.05, 4.69) is 22.5 Å². The molecule has 0 bridgehead atoms. The van der Waals surface area contributed by atoms with Gasteiger partial charge in [0.2, 0.25) is 11.8 Å². The fourth-order valence-corrected chi connectivity index (χ4v) is 2.00. The summed E-state index contributed by atoms with van der Waals surface area (Å²) in [6, 6.07) is 3.71. The number of rotatable bonds is 4. The third-order valence-corrected chi connectivity index (χ3v) is 3.11.